The zero-order valence-electron chi connectivity index (χ0n) is 20.7. The Hall–Kier alpha value is -5.49. The molecule has 0 fully saturated rings. The van der Waals surface area contributed by atoms with Gasteiger partial charge < -0.3 is 0 Å². The van der Waals surface area contributed by atoms with E-state index in [0.29, 0.717) is 17.4 Å². The number of hydrogen-bond donors (Lipinski definition) is 0. The number of nitrogens with zero attached hydrogens (tertiary/aromatic N) is 6. The molecule has 5 aromatic carbocycles. The molecule has 0 aliphatic carbocycles. The van der Waals surface area contributed by atoms with Crippen LogP contribution in [0, 0.1) is 0 Å². The van der Waals surface area contributed by atoms with E-state index in [2.05, 4.69) is 48.5 Å². The summed E-state index contributed by atoms with van der Waals surface area (Å²) in [6.45, 7) is 0. The molecule has 0 saturated carbocycles. The van der Waals surface area contributed by atoms with E-state index in [1.54, 1.807) is 4.52 Å². The topological polar surface area (TPSA) is 68.9 Å². The fourth-order valence-corrected chi connectivity index (χ4v) is 5.18. The van der Waals surface area contributed by atoms with Crippen molar-refractivity contribution in [3.63, 3.8) is 0 Å². The van der Waals surface area contributed by atoms with Gasteiger partial charge in [-0.3, -0.25) is 0 Å². The second kappa shape index (κ2) is 8.53. The molecule has 0 radical (unpaired) electrons. The van der Waals surface area contributed by atoms with E-state index in [9.17, 15) is 0 Å². The molecule has 0 aliphatic heterocycles. The molecule has 0 N–H and O–H groups in total. The molecule has 182 valence electrons. The number of fused-ring (bicyclic) bond motifs is 4. The second-order valence-corrected chi connectivity index (χ2v) is 9.47. The van der Waals surface area contributed by atoms with Crippen molar-refractivity contribution in [2.24, 2.45) is 0 Å². The van der Waals surface area contributed by atoms with Gasteiger partial charge in [-0.15, -0.1) is 5.10 Å². The highest BCUT2D eigenvalue weighted by Crippen LogP contribution is 2.33. The summed E-state index contributed by atoms with van der Waals surface area (Å²) in [7, 11) is 0. The van der Waals surface area contributed by atoms with Gasteiger partial charge >= 0.3 is 0 Å². The van der Waals surface area contributed by atoms with Crippen molar-refractivity contribution < 1.29 is 0 Å². The maximum Gasteiger partial charge on any atom is 0.254 e. The van der Waals surface area contributed by atoms with Gasteiger partial charge in [-0.2, -0.15) is 9.50 Å². The lowest BCUT2D eigenvalue weighted by Crippen LogP contribution is -2.03. The average Bonchev–Trinajstić information content (AvgIpc) is 3.43. The summed E-state index contributed by atoms with van der Waals surface area (Å²) in [6.07, 6.45) is 0. The van der Waals surface area contributed by atoms with Crippen molar-refractivity contribution in [3.05, 3.63) is 121 Å². The van der Waals surface area contributed by atoms with E-state index in [0.717, 1.165) is 49.7 Å². The Morgan fingerprint density at radius 1 is 0.462 bits per heavy atom. The van der Waals surface area contributed by atoms with Gasteiger partial charge in [0.25, 0.3) is 5.78 Å². The fourth-order valence-electron chi connectivity index (χ4n) is 5.18. The monoisotopic (exact) mass is 500 g/mol. The SMILES string of the molecule is c1ccc(-c2nc(-c3c4ccccc4nc4nc(-c5ccc6ccccc6c5)nn34)nc3ccccc23)cc1. The highest BCUT2D eigenvalue weighted by atomic mass is 15.3. The third-order valence-corrected chi connectivity index (χ3v) is 7.05. The van der Waals surface area contributed by atoms with E-state index < -0.39 is 0 Å². The van der Waals surface area contributed by atoms with Crippen LogP contribution < -0.4 is 0 Å². The fraction of sp³-hybridized carbons (Fsp3) is 0. The highest BCUT2D eigenvalue weighted by molar-refractivity contribution is 5.97. The maximum atomic E-state index is 5.14. The summed E-state index contributed by atoms with van der Waals surface area (Å²) in [4.78, 5) is 19.9. The molecule has 0 atom stereocenters. The zero-order chi connectivity index (χ0) is 25.8. The van der Waals surface area contributed by atoms with Gasteiger partial charge in [-0.25, -0.2) is 15.0 Å². The number of aromatic nitrogens is 6. The molecule has 0 spiro atoms. The van der Waals surface area contributed by atoms with E-state index in [1.807, 2.05) is 72.8 Å². The van der Waals surface area contributed by atoms with Crippen molar-refractivity contribution in [3.8, 4) is 34.2 Å². The van der Waals surface area contributed by atoms with Crippen LogP contribution >= 0.6 is 0 Å². The molecule has 6 heteroatoms. The normalized spacial score (nSPS) is 11.6. The van der Waals surface area contributed by atoms with Crippen molar-refractivity contribution in [2.45, 2.75) is 0 Å². The Balaban J connectivity index is 1.43. The molecule has 6 nitrogen and oxygen atoms in total. The van der Waals surface area contributed by atoms with Crippen LogP contribution in [0.2, 0.25) is 0 Å². The molecule has 3 aromatic heterocycles. The summed E-state index contributed by atoms with van der Waals surface area (Å²) in [5.74, 6) is 1.69. The van der Waals surface area contributed by atoms with Gasteiger partial charge in [0.15, 0.2) is 11.6 Å². The van der Waals surface area contributed by atoms with Crippen molar-refractivity contribution in [1.29, 1.82) is 0 Å². The van der Waals surface area contributed by atoms with Crippen molar-refractivity contribution >= 4 is 38.4 Å². The number of benzene rings is 5. The second-order valence-electron chi connectivity index (χ2n) is 9.47. The number of para-hydroxylation sites is 2. The lowest BCUT2D eigenvalue weighted by atomic mass is 10.1. The van der Waals surface area contributed by atoms with Gasteiger partial charge in [-0.1, -0.05) is 103 Å². The van der Waals surface area contributed by atoms with Crippen LogP contribution in [0.1, 0.15) is 0 Å². The number of hydrogen-bond acceptors (Lipinski definition) is 5. The van der Waals surface area contributed by atoms with Crippen molar-refractivity contribution in [1.82, 2.24) is 29.5 Å². The smallest absolute Gasteiger partial charge is 0.227 e. The minimum absolute atomic E-state index is 0.505. The van der Waals surface area contributed by atoms with Gasteiger partial charge in [0.05, 0.1) is 16.7 Å². The lowest BCUT2D eigenvalue weighted by molar-refractivity contribution is 0.951. The largest absolute Gasteiger partial charge is 0.254 e. The van der Waals surface area contributed by atoms with Crippen LogP contribution in [0.25, 0.3) is 72.5 Å². The molecule has 0 amide bonds. The van der Waals surface area contributed by atoms with Crippen molar-refractivity contribution in [2.75, 3.05) is 0 Å². The molecule has 0 saturated heterocycles. The molecule has 8 aromatic rings. The molecule has 8 rings (SSSR count). The molecule has 0 unspecified atom stereocenters. The first-order chi connectivity index (χ1) is 19.3. The first kappa shape index (κ1) is 21.6. The van der Waals surface area contributed by atoms with E-state index in [4.69, 9.17) is 25.0 Å². The van der Waals surface area contributed by atoms with Crippen LogP contribution in [0.3, 0.4) is 0 Å². The van der Waals surface area contributed by atoms with E-state index in [-0.39, 0.29) is 0 Å². The average molecular weight is 501 g/mol. The highest BCUT2D eigenvalue weighted by Gasteiger charge is 2.20. The quantitative estimate of drug-likeness (QED) is 0.253. The molecule has 0 aliphatic rings. The predicted octanol–water partition coefficient (Wildman–Crippen LogP) is 7.37. The lowest BCUT2D eigenvalue weighted by Gasteiger charge is -2.11. The molecule has 3 heterocycles. The molecule has 0 bridgehead atoms. The summed E-state index contributed by atoms with van der Waals surface area (Å²) < 4.78 is 1.78. The Labute approximate surface area is 223 Å². The van der Waals surface area contributed by atoms with Crippen LogP contribution in [0.4, 0.5) is 0 Å². The van der Waals surface area contributed by atoms with Gasteiger partial charge in [0.2, 0.25) is 0 Å². The summed E-state index contributed by atoms with van der Waals surface area (Å²) >= 11 is 0. The van der Waals surface area contributed by atoms with Crippen LogP contribution in [0.5, 0.6) is 0 Å². The Morgan fingerprint density at radius 3 is 2.00 bits per heavy atom. The Morgan fingerprint density at radius 2 is 1.15 bits per heavy atom. The van der Waals surface area contributed by atoms with Crippen LogP contribution in [-0.4, -0.2) is 29.5 Å². The van der Waals surface area contributed by atoms with E-state index >= 15 is 0 Å². The first-order valence-corrected chi connectivity index (χ1v) is 12.8. The Kier molecular flexibility index (Phi) is 4.72. The van der Waals surface area contributed by atoms with Crippen LogP contribution in [-0.2, 0) is 0 Å². The summed E-state index contributed by atoms with van der Waals surface area (Å²) in [5.41, 5.74) is 5.28. The first-order valence-electron chi connectivity index (χ1n) is 12.8. The van der Waals surface area contributed by atoms with E-state index in [1.165, 1.54) is 5.39 Å². The van der Waals surface area contributed by atoms with Gasteiger partial charge in [0, 0.05) is 21.9 Å². The predicted molar refractivity (Wildman–Crippen MR) is 155 cm³/mol. The minimum atomic E-state index is 0.505. The Bertz CT molecular complexity index is 2180. The maximum absolute atomic E-state index is 5.14. The molecular formula is C33H20N6. The van der Waals surface area contributed by atoms with Gasteiger partial charge in [-0.05, 0) is 29.0 Å². The molecular weight excluding hydrogens is 480 g/mol. The zero-order valence-corrected chi connectivity index (χ0v) is 20.7. The molecule has 39 heavy (non-hydrogen) atoms. The minimum Gasteiger partial charge on any atom is -0.227 e. The standard InChI is InChI=1S/C33H20N6/c1-2-11-22(12-3-1)29-25-14-6-8-16-27(25)34-32(36-29)30-26-15-7-9-17-28(26)35-33-37-31(38-39(30)33)24-19-18-21-10-4-5-13-23(21)20-24/h1-20H. The number of rotatable bonds is 3. The summed E-state index contributed by atoms with van der Waals surface area (Å²) in [5, 5.41) is 9.18. The third-order valence-electron chi connectivity index (χ3n) is 7.05. The third kappa shape index (κ3) is 3.54. The summed E-state index contributed by atoms with van der Waals surface area (Å²) in [6, 6.07) is 40.9. The van der Waals surface area contributed by atoms with Crippen LogP contribution in [0.15, 0.2) is 121 Å². The van der Waals surface area contributed by atoms with Gasteiger partial charge in [0.1, 0.15) is 5.69 Å².